The molecule has 0 spiro atoms. The van der Waals surface area contributed by atoms with Gasteiger partial charge in [0.2, 0.25) is 0 Å². The van der Waals surface area contributed by atoms with Crippen molar-refractivity contribution in [2.45, 2.75) is 32.7 Å². The van der Waals surface area contributed by atoms with Crippen LogP contribution in [0.1, 0.15) is 42.1 Å². The van der Waals surface area contributed by atoms with Gasteiger partial charge in [-0.1, -0.05) is 36.4 Å². The molecule has 4 rings (SSSR count). The molecule has 3 aromatic carbocycles. The molecule has 0 bridgehead atoms. The highest BCUT2D eigenvalue weighted by Gasteiger charge is 2.32. The number of ether oxygens (including phenoxy) is 4. The lowest BCUT2D eigenvalue weighted by molar-refractivity contribution is -0.136. The smallest absolute Gasteiger partial charge is 0.337 e. The highest BCUT2D eigenvalue weighted by Crippen LogP contribution is 2.35. The van der Waals surface area contributed by atoms with Gasteiger partial charge in [0.15, 0.2) is 17.7 Å². The van der Waals surface area contributed by atoms with Crippen molar-refractivity contribution < 1.29 is 33.6 Å². The largest absolute Gasteiger partial charge is 0.490 e. The summed E-state index contributed by atoms with van der Waals surface area (Å²) >= 11 is 0. The number of methoxy groups -OCH3 is 1. The average Bonchev–Trinajstić information content (AvgIpc) is 3.03. The molecule has 0 radical (unpaired) electrons. The van der Waals surface area contributed by atoms with Crippen molar-refractivity contribution in [1.29, 1.82) is 5.26 Å². The van der Waals surface area contributed by atoms with Gasteiger partial charge in [-0.2, -0.15) is 10.4 Å². The minimum absolute atomic E-state index is 0.170. The Balaban J connectivity index is 1.39. The molecule has 1 aliphatic rings. The molecule has 0 saturated carbocycles. The summed E-state index contributed by atoms with van der Waals surface area (Å²) in [6.07, 6.45) is 0.341. The Morgan fingerprint density at radius 2 is 1.86 bits per heavy atom. The Kier molecular flexibility index (Phi) is 10.8. The first kappa shape index (κ1) is 31.4. The van der Waals surface area contributed by atoms with Crippen LogP contribution in [0.25, 0.3) is 0 Å². The highest BCUT2D eigenvalue weighted by atomic mass is 16.5. The van der Waals surface area contributed by atoms with Gasteiger partial charge in [0.1, 0.15) is 19.0 Å². The lowest BCUT2D eigenvalue weighted by Crippen LogP contribution is -2.45. The lowest BCUT2D eigenvalue weighted by Gasteiger charge is -2.28. The molecule has 3 aromatic rings. The predicted molar refractivity (Wildman–Crippen MR) is 161 cm³/mol. The van der Waals surface area contributed by atoms with E-state index in [0.717, 1.165) is 5.56 Å². The summed E-state index contributed by atoms with van der Waals surface area (Å²) in [5, 5.41) is 29.2. The van der Waals surface area contributed by atoms with E-state index in [9.17, 15) is 20.0 Å². The standard InChI is InChI=1S/C32H33N5O7/c1-4-42-27-15-21(30-29(31(39)41-3)20(2)35-32(40)36-30)13-14-26(27)44-19-28(38)37-34-17-23-10-7-8-12-25(23)43-18-24-11-6-5-9-22(24)16-33/h5-15,17,28,30,37-38H,4,18-19H2,1-3H3,(H2,35,36,40)/b34-17+/t28-,30+/m1/s1. The third-order valence-corrected chi connectivity index (χ3v) is 6.54. The minimum Gasteiger partial charge on any atom is -0.490 e. The van der Waals surface area contributed by atoms with E-state index < -0.39 is 24.3 Å². The fourth-order valence-electron chi connectivity index (χ4n) is 4.44. The number of hydrazone groups is 1. The van der Waals surface area contributed by atoms with Crippen molar-refractivity contribution in [1.82, 2.24) is 16.1 Å². The van der Waals surface area contributed by atoms with Crippen LogP contribution in [-0.4, -0.2) is 49.9 Å². The Morgan fingerprint density at radius 1 is 1.09 bits per heavy atom. The average molecular weight is 600 g/mol. The monoisotopic (exact) mass is 599 g/mol. The molecule has 4 N–H and O–H groups in total. The van der Waals surface area contributed by atoms with Gasteiger partial charge in [-0.3, -0.25) is 5.43 Å². The Bertz CT molecular complexity index is 1600. The molecule has 1 heterocycles. The number of hydrogen-bond acceptors (Lipinski definition) is 10. The maximum atomic E-state index is 12.4. The van der Waals surface area contributed by atoms with Crippen LogP contribution < -0.4 is 30.3 Å². The molecule has 0 unspecified atom stereocenters. The van der Waals surface area contributed by atoms with E-state index in [1.54, 1.807) is 43.3 Å². The van der Waals surface area contributed by atoms with Gasteiger partial charge in [-0.25, -0.2) is 9.59 Å². The topological polar surface area (TPSA) is 164 Å². The van der Waals surface area contributed by atoms with Gasteiger partial charge in [0.25, 0.3) is 0 Å². The van der Waals surface area contributed by atoms with Gasteiger partial charge in [-0.05, 0) is 49.7 Å². The zero-order valence-electron chi connectivity index (χ0n) is 24.5. The van der Waals surface area contributed by atoms with Crippen LogP contribution in [0, 0.1) is 11.3 Å². The van der Waals surface area contributed by atoms with Crippen LogP contribution in [0.5, 0.6) is 17.2 Å². The van der Waals surface area contributed by atoms with E-state index in [1.165, 1.54) is 13.3 Å². The number of nitriles is 1. The molecule has 0 aromatic heterocycles. The molecule has 0 saturated heterocycles. The number of carbonyl (C=O) groups is 2. The summed E-state index contributed by atoms with van der Waals surface area (Å²) in [5.41, 5.74) is 5.82. The zero-order chi connectivity index (χ0) is 31.5. The number of hydrogen-bond donors (Lipinski definition) is 4. The normalized spacial score (nSPS) is 15.1. The number of allylic oxidation sites excluding steroid dienone is 1. The molecule has 2 atom stereocenters. The molecule has 0 aliphatic carbocycles. The van der Waals surface area contributed by atoms with Gasteiger partial charge in [0, 0.05) is 16.8 Å². The zero-order valence-corrected chi connectivity index (χ0v) is 24.5. The first-order chi connectivity index (χ1) is 21.3. The maximum Gasteiger partial charge on any atom is 0.337 e. The Hall–Kier alpha value is -5.54. The molecule has 12 nitrogen and oxygen atoms in total. The molecule has 228 valence electrons. The van der Waals surface area contributed by atoms with Crippen LogP contribution in [0.15, 0.2) is 83.1 Å². The number of aliphatic hydroxyl groups is 1. The molecular formula is C32H33N5O7. The number of nitrogens with one attached hydrogen (secondary N) is 3. The summed E-state index contributed by atoms with van der Waals surface area (Å²) in [5.74, 6) is 0.687. The molecule has 1 aliphatic heterocycles. The molecule has 2 amide bonds. The second-order valence-electron chi connectivity index (χ2n) is 9.51. The summed E-state index contributed by atoms with van der Waals surface area (Å²) in [6, 6.07) is 20.4. The number of para-hydroxylation sites is 1. The summed E-state index contributed by atoms with van der Waals surface area (Å²) in [4.78, 5) is 24.6. The number of amides is 2. The lowest BCUT2D eigenvalue weighted by atomic mass is 9.95. The third kappa shape index (κ3) is 7.84. The SMILES string of the molecule is CCOc1cc([C@@H]2NC(=O)NC(C)=C2C(=O)OC)ccc1OC[C@@H](O)N/N=C/c1ccccc1OCc1ccccc1C#N. The van der Waals surface area contributed by atoms with Crippen LogP contribution in [0.3, 0.4) is 0 Å². The predicted octanol–water partition coefficient (Wildman–Crippen LogP) is 3.66. The van der Waals surface area contributed by atoms with Crippen LogP contribution in [0.4, 0.5) is 4.79 Å². The van der Waals surface area contributed by atoms with Crippen LogP contribution in [-0.2, 0) is 16.1 Å². The van der Waals surface area contributed by atoms with Crippen molar-refractivity contribution in [3.63, 3.8) is 0 Å². The van der Waals surface area contributed by atoms with Crippen molar-refractivity contribution >= 4 is 18.2 Å². The summed E-state index contributed by atoms with van der Waals surface area (Å²) in [7, 11) is 1.27. The van der Waals surface area contributed by atoms with Crippen molar-refractivity contribution in [3.8, 4) is 23.3 Å². The Morgan fingerprint density at radius 3 is 2.64 bits per heavy atom. The first-order valence-electron chi connectivity index (χ1n) is 13.8. The van der Waals surface area contributed by atoms with Gasteiger partial charge >= 0.3 is 12.0 Å². The summed E-state index contributed by atoms with van der Waals surface area (Å²) in [6.45, 7) is 3.80. The first-order valence-corrected chi connectivity index (χ1v) is 13.8. The van der Waals surface area contributed by atoms with Gasteiger partial charge < -0.3 is 34.7 Å². The fourth-order valence-corrected chi connectivity index (χ4v) is 4.44. The van der Waals surface area contributed by atoms with E-state index in [1.807, 2.05) is 37.3 Å². The fraction of sp³-hybridized carbons (Fsp3) is 0.250. The number of esters is 1. The van der Waals surface area contributed by atoms with E-state index >= 15 is 0 Å². The van der Waals surface area contributed by atoms with Crippen molar-refractivity contribution in [2.75, 3.05) is 20.3 Å². The second-order valence-corrected chi connectivity index (χ2v) is 9.51. The molecule has 12 heteroatoms. The quantitative estimate of drug-likeness (QED) is 0.0994. The number of rotatable bonds is 13. The molecule has 44 heavy (non-hydrogen) atoms. The highest BCUT2D eigenvalue weighted by molar-refractivity contribution is 5.95. The van der Waals surface area contributed by atoms with E-state index in [0.29, 0.717) is 46.2 Å². The third-order valence-electron chi connectivity index (χ3n) is 6.54. The van der Waals surface area contributed by atoms with Crippen LogP contribution >= 0.6 is 0 Å². The van der Waals surface area contributed by atoms with Crippen molar-refractivity contribution in [3.05, 3.63) is 100 Å². The number of carbonyl (C=O) groups excluding carboxylic acids is 2. The molecular weight excluding hydrogens is 566 g/mol. The minimum atomic E-state index is -1.17. The van der Waals surface area contributed by atoms with E-state index in [2.05, 4.69) is 27.2 Å². The van der Waals surface area contributed by atoms with Crippen molar-refractivity contribution in [2.24, 2.45) is 5.10 Å². The molecule has 0 fully saturated rings. The van der Waals surface area contributed by atoms with Gasteiger partial charge in [0.05, 0.1) is 43.2 Å². The van der Waals surface area contributed by atoms with Gasteiger partial charge in [-0.15, -0.1) is 0 Å². The number of benzene rings is 3. The van der Waals surface area contributed by atoms with E-state index in [4.69, 9.17) is 18.9 Å². The number of aliphatic hydroxyl groups excluding tert-OH is 1. The number of urea groups is 1. The Labute approximate surface area is 254 Å². The van der Waals surface area contributed by atoms with Crippen LogP contribution in [0.2, 0.25) is 0 Å². The second kappa shape index (κ2) is 15.1. The van der Waals surface area contributed by atoms with E-state index in [-0.39, 0.29) is 18.8 Å². The summed E-state index contributed by atoms with van der Waals surface area (Å²) < 4.78 is 22.4. The number of nitrogens with zero attached hydrogens (tertiary/aromatic N) is 2. The maximum absolute atomic E-state index is 12.4.